The number of rotatable bonds is 6. The maximum Gasteiger partial charge on any atom is 0.0595 e. The number of halogens is 2. The molecule has 0 saturated heterocycles. The molecule has 4 heteroatoms. The lowest BCUT2D eigenvalue weighted by atomic mass is 9.96. The van der Waals surface area contributed by atoms with Gasteiger partial charge in [0.2, 0.25) is 0 Å². The van der Waals surface area contributed by atoms with Gasteiger partial charge < -0.3 is 10.1 Å². The van der Waals surface area contributed by atoms with Gasteiger partial charge in [0, 0.05) is 19.8 Å². The molecule has 0 heterocycles. The smallest absolute Gasteiger partial charge is 0.0595 e. The van der Waals surface area contributed by atoms with Crippen LogP contribution >= 0.6 is 23.2 Å². The molecule has 0 aliphatic rings. The monoisotopic (exact) mass is 275 g/mol. The molecule has 1 aromatic carbocycles. The predicted octanol–water partition coefficient (Wildman–Crippen LogP) is 3.93. The number of hydrogen-bond donors (Lipinski definition) is 1. The van der Waals surface area contributed by atoms with E-state index >= 15 is 0 Å². The highest BCUT2D eigenvalue weighted by Crippen LogP contribution is 2.28. The van der Waals surface area contributed by atoms with Gasteiger partial charge >= 0.3 is 0 Å². The van der Waals surface area contributed by atoms with Gasteiger partial charge in [-0.3, -0.25) is 0 Å². The molecule has 1 N–H and O–H groups in total. The molecule has 1 aromatic rings. The highest BCUT2D eigenvalue weighted by molar-refractivity contribution is 6.42. The van der Waals surface area contributed by atoms with Crippen LogP contribution in [0, 0.1) is 5.92 Å². The van der Waals surface area contributed by atoms with Crippen LogP contribution in [-0.4, -0.2) is 20.8 Å². The molecule has 1 rings (SSSR count). The molecule has 96 valence electrons. The Kier molecular flexibility index (Phi) is 6.28. The molecule has 2 unspecified atom stereocenters. The Hall–Kier alpha value is -0.280. The van der Waals surface area contributed by atoms with Gasteiger partial charge in [-0.25, -0.2) is 0 Å². The molecule has 0 aliphatic carbocycles. The summed E-state index contributed by atoms with van der Waals surface area (Å²) >= 11 is 11.9. The van der Waals surface area contributed by atoms with Crippen molar-refractivity contribution in [1.29, 1.82) is 0 Å². The molecule has 0 fully saturated rings. The fourth-order valence-corrected chi connectivity index (χ4v) is 2.21. The molecule has 0 spiro atoms. The van der Waals surface area contributed by atoms with Crippen molar-refractivity contribution in [3.63, 3.8) is 0 Å². The zero-order valence-electron chi connectivity index (χ0n) is 10.5. The highest BCUT2D eigenvalue weighted by atomic mass is 35.5. The SMILES string of the molecule is CNC(CC(C)COC)c1ccc(Cl)c(Cl)c1. The van der Waals surface area contributed by atoms with E-state index in [0.717, 1.165) is 18.6 Å². The summed E-state index contributed by atoms with van der Waals surface area (Å²) in [5, 5.41) is 4.49. The molecule has 0 radical (unpaired) electrons. The topological polar surface area (TPSA) is 21.3 Å². The third kappa shape index (κ3) is 4.47. The molecule has 2 nitrogen and oxygen atoms in total. The van der Waals surface area contributed by atoms with Crippen molar-refractivity contribution in [2.45, 2.75) is 19.4 Å². The average Bonchev–Trinajstić information content (AvgIpc) is 2.30. The van der Waals surface area contributed by atoms with Crippen LogP contribution < -0.4 is 5.32 Å². The maximum atomic E-state index is 6.03. The number of nitrogens with one attached hydrogen (secondary N) is 1. The number of hydrogen-bond acceptors (Lipinski definition) is 2. The van der Waals surface area contributed by atoms with Crippen molar-refractivity contribution in [1.82, 2.24) is 5.32 Å². The third-order valence-electron chi connectivity index (χ3n) is 2.78. The minimum absolute atomic E-state index is 0.273. The van der Waals surface area contributed by atoms with Gasteiger partial charge in [-0.2, -0.15) is 0 Å². The summed E-state index contributed by atoms with van der Waals surface area (Å²) < 4.78 is 5.15. The summed E-state index contributed by atoms with van der Waals surface area (Å²) in [4.78, 5) is 0. The molecule has 0 aliphatic heterocycles. The van der Waals surface area contributed by atoms with Gasteiger partial charge in [0.15, 0.2) is 0 Å². The molecular weight excluding hydrogens is 257 g/mol. The van der Waals surface area contributed by atoms with Gasteiger partial charge in [-0.15, -0.1) is 0 Å². The van der Waals surface area contributed by atoms with Crippen molar-refractivity contribution >= 4 is 23.2 Å². The zero-order valence-corrected chi connectivity index (χ0v) is 12.0. The lowest BCUT2D eigenvalue weighted by molar-refractivity contribution is 0.150. The van der Waals surface area contributed by atoms with Crippen molar-refractivity contribution in [3.8, 4) is 0 Å². The number of methoxy groups -OCH3 is 1. The lowest BCUT2D eigenvalue weighted by Crippen LogP contribution is -2.20. The fourth-order valence-electron chi connectivity index (χ4n) is 1.90. The van der Waals surface area contributed by atoms with Gasteiger partial charge in [-0.1, -0.05) is 36.2 Å². The second-order valence-corrected chi connectivity index (χ2v) is 5.13. The van der Waals surface area contributed by atoms with E-state index in [-0.39, 0.29) is 6.04 Å². The van der Waals surface area contributed by atoms with Gasteiger partial charge in [0.1, 0.15) is 0 Å². The molecule has 0 aromatic heterocycles. The Bertz CT molecular complexity index is 357. The molecule has 0 bridgehead atoms. The quantitative estimate of drug-likeness (QED) is 0.850. The largest absolute Gasteiger partial charge is 0.384 e. The maximum absolute atomic E-state index is 6.03. The van der Waals surface area contributed by atoms with Gasteiger partial charge in [0.25, 0.3) is 0 Å². The van der Waals surface area contributed by atoms with Crippen molar-refractivity contribution in [3.05, 3.63) is 33.8 Å². The normalized spacial score (nSPS) is 14.6. The first kappa shape index (κ1) is 14.8. The number of ether oxygens (including phenoxy) is 1. The second-order valence-electron chi connectivity index (χ2n) is 4.31. The first-order chi connectivity index (χ1) is 8.08. The van der Waals surface area contributed by atoms with E-state index in [1.807, 2.05) is 25.2 Å². The lowest BCUT2D eigenvalue weighted by Gasteiger charge is -2.21. The van der Waals surface area contributed by atoms with Crippen LogP contribution in [0.15, 0.2) is 18.2 Å². The van der Waals surface area contributed by atoms with Crippen molar-refractivity contribution in [2.24, 2.45) is 5.92 Å². The van der Waals surface area contributed by atoms with E-state index in [2.05, 4.69) is 12.2 Å². The van der Waals surface area contributed by atoms with E-state index < -0.39 is 0 Å². The molecule has 0 amide bonds. The Labute approximate surface area is 113 Å². The molecule has 2 atom stereocenters. The van der Waals surface area contributed by atoms with E-state index in [1.165, 1.54) is 0 Å². The van der Waals surface area contributed by atoms with E-state index in [9.17, 15) is 0 Å². The van der Waals surface area contributed by atoms with Crippen LogP contribution in [0.2, 0.25) is 10.0 Å². The van der Waals surface area contributed by atoms with Crippen molar-refractivity contribution < 1.29 is 4.74 Å². The fraction of sp³-hybridized carbons (Fsp3) is 0.538. The Balaban J connectivity index is 2.75. The van der Waals surface area contributed by atoms with Gasteiger partial charge in [0.05, 0.1) is 10.0 Å². The Morgan fingerprint density at radius 3 is 2.53 bits per heavy atom. The van der Waals surface area contributed by atoms with Crippen LogP contribution in [0.25, 0.3) is 0 Å². The van der Waals surface area contributed by atoms with Crippen molar-refractivity contribution in [2.75, 3.05) is 20.8 Å². The molecule has 17 heavy (non-hydrogen) atoms. The standard InChI is InChI=1S/C13H19Cl2NO/c1-9(8-17-3)6-13(16-2)10-4-5-11(14)12(15)7-10/h4-5,7,9,13,16H,6,8H2,1-3H3. The summed E-state index contributed by atoms with van der Waals surface area (Å²) in [6.45, 7) is 2.94. The van der Waals surface area contributed by atoms with Crippen LogP contribution in [0.1, 0.15) is 24.9 Å². The summed E-state index contributed by atoms with van der Waals surface area (Å²) in [6, 6.07) is 6.04. The molecule has 0 saturated carbocycles. The van der Waals surface area contributed by atoms with Crippen LogP contribution in [0.4, 0.5) is 0 Å². The van der Waals surface area contributed by atoms with E-state index in [4.69, 9.17) is 27.9 Å². The van der Waals surface area contributed by atoms with Crippen LogP contribution in [0.5, 0.6) is 0 Å². The van der Waals surface area contributed by atoms with Crippen LogP contribution in [-0.2, 0) is 4.74 Å². The first-order valence-electron chi connectivity index (χ1n) is 5.69. The Morgan fingerprint density at radius 1 is 1.29 bits per heavy atom. The highest BCUT2D eigenvalue weighted by Gasteiger charge is 2.14. The van der Waals surface area contributed by atoms with Crippen LogP contribution in [0.3, 0.4) is 0 Å². The molecular formula is C13H19Cl2NO. The summed E-state index contributed by atoms with van der Waals surface area (Å²) in [6.07, 6.45) is 1.00. The summed E-state index contributed by atoms with van der Waals surface area (Å²) in [7, 11) is 3.68. The minimum Gasteiger partial charge on any atom is -0.384 e. The van der Waals surface area contributed by atoms with Gasteiger partial charge in [-0.05, 0) is 37.1 Å². The predicted molar refractivity (Wildman–Crippen MR) is 73.9 cm³/mol. The minimum atomic E-state index is 0.273. The summed E-state index contributed by atoms with van der Waals surface area (Å²) in [5.74, 6) is 0.493. The second kappa shape index (κ2) is 7.22. The van der Waals surface area contributed by atoms with E-state index in [1.54, 1.807) is 7.11 Å². The zero-order chi connectivity index (χ0) is 12.8. The Morgan fingerprint density at radius 2 is 2.00 bits per heavy atom. The summed E-state index contributed by atoms with van der Waals surface area (Å²) in [5.41, 5.74) is 1.16. The first-order valence-corrected chi connectivity index (χ1v) is 6.45. The average molecular weight is 276 g/mol. The number of benzene rings is 1. The van der Waals surface area contributed by atoms with E-state index in [0.29, 0.717) is 16.0 Å². The third-order valence-corrected chi connectivity index (χ3v) is 3.52.